The van der Waals surface area contributed by atoms with Gasteiger partial charge in [0, 0.05) is 23.6 Å². The number of hydrogen-bond donors (Lipinski definition) is 1. The van der Waals surface area contributed by atoms with Crippen molar-refractivity contribution in [2.75, 3.05) is 20.1 Å². The second-order valence-electron chi connectivity index (χ2n) is 3.76. The minimum absolute atomic E-state index is 0.133. The molecule has 0 bridgehead atoms. The zero-order valence-electron chi connectivity index (χ0n) is 8.80. The molecule has 88 valence electrons. The van der Waals surface area contributed by atoms with Gasteiger partial charge in [0.15, 0.2) is 0 Å². The summed E-state index contributed by atoms with van der Waals surface area (Å²) in [6, 6.07) is 2.32. The fraction of sp³-hybridized carbons (Fsp3) is 0.500. The molecule has 6 heteroatoms. The van der Waals surface area contributed by atoms with Crippen LogP contribution in [-0.2, 0) is 0 Å². The Balaban J connectivity index is 2.08. The van der Waals surface area contributed by atoms with E-state index < -0.39 is 0 Å². The number of nitrogens with zero attached hydrogens (tertiary/aromatic N) is 1. The lowest BCUT2D eigenvalue weighted by Crippen LogP contribution is -2.33. The van der Waals surface area contributed by atoms with E-state index in [1.165, 1.54) is 11.3 Å². The van der Waals surface area contributed by atoms with Gasteiger partial charge in [-0.05, 0) is 51.4 Å². The van der Waals surface area contributed by atoms with Crippen molar-refractivity contribution in [3.05, 3.63) is 19.2 Å². The van der Waals surface area contributed by atoms with Crippen LogP contribution in [0.2, 0.25) is 0 Å². The third kappa shape index (κ3) is 2.50. The van der Waals surface area contributed by atoms with Crippen LogP contribution in [0, 0.1) is 0 Å². The Morgan fingerprint density at radius 1 is 1.62 bits per heavy atom. The maximum atomic E-state index is 12.1. The van der Waals surface area contributed by atoms with Gasteiger partial charge in [0.2, 0.25) is 0 Å². The largest absolute Gasteiger partial charge is 0.336 e. The van der Waals surface area contributed by atoms with Crippen molar-refractivity contribution >= 4 is 49.1 Å². The third-order valence-corrected chi connectivity index (χ3v) is 5.98. The number of hydrogen-bond acceptors (Lipinski definition) is 3. The van der Waals surface area contributed by atoms with Gasteiger partial charge in [0.1, 0.15) is 0 Å². The van der Waals surface area contributed by atoms with E-state index in [-0.39, 0.29) is 5.91 Å². The predicted molar refractivity (Wildman–Crippen MR) is 73.1 cm³/mol. The van der Waals surface area contributed by atoms with Gasteiger partial charge in [0.25, 0.3) is 5.91 Å². The van der Waals surface area contributed by atoms with Gasteiger partial charge in [-0.15, -0.1) is 11.3 Å². The molecule has 2 heterocycles. The molecule has 3 nitrogen and oxygen atoms in total. The lowest BCUT2D eigenvalue weighted by atomic mass is 10.3. The summed E-state index contributed by atoms with van der Waals surface area (Å²) in [6.45, 7) is 1.65. The summed E-state index contributed by atoms with van der Waals surface area (Å²) in [6.07, 6.45) is 1.04. The Morgan fingerprint density at radius 3 is 2.88 bits per heavy atom. The van der Waals surface area contributed by atoms with E-state index in [0.717, 1.165) is 32.6 Å². The van der Waals surface area contributed by atoms with Crippen molar-refractivity contribution in [3.8, 4) is 0 Å². The Bertz CT molecular complexity index is 388. The van der Waals surface area contributed by atoms with Gasteiger partial charge in [-0.1, -0.05) is 0 Å². The fourth-order valence-electron chi connectivity index (χ4n) is 1.79. The number of halogens is 2. The van der Waals surface area contributed by atoms with Gasteiger partial charge in [0.05, 0.1) is 8.66 Å². The summed E-state index contributed by atoms with van der Waals surface area (Å²) in [5.74, 6) is 0.133. The molecule has 0 aliphatic carbocycles. The molecule has 0 radical (unpaired) electrons. The fourth-order valence-corrected chi connectivity index (χ4v) is 3.79. The van der Waals surface area contributed by atoms with Crippen LogP contribution < -0.4 is 5.32 Å². The Hall–Kier alpha value is 0.0900. The molecule has 1 N–H and O–H groups in total. The summed E-state index contributed by atoms with van der Waals surface area (Å²) in [4.78, 5) is 14.8. The average Bonchev–Trinajstić information content (AvgIpc) is 2.86. The Morgan fingerprint density at radius 2 is 2.38 bits per heavy atom. The highest BCUT2D eigenvalue weighted by Gasteiger charge is 2.27. The molecule has 0 spiro atoms. The number of carbonyl (C=O) groups is 1. The first-order chi connectivity index (χ1) is 7.61. The Labute approximate surface area is 115 Å². The topological polar surface area (TPSA) is 32.3 Å². The van der Waals surface area contributed by atoms with Gasteiger partial charge in [-0.2, -0.15) is 0 Å². The smallest absolute Gasteiger partial charge is 0.264 e. The van der Waals surface area contributed by atoms with Crippen molar-refractivity contribution in [2.24, 2.45) is 0 Å². The summed E-state index contributed by atoms with van der Waals surface area (Å²) in [5.41, 5.74) is 0. The number of likely N-dealkylation sites (N-methyl/N-ethyl adjacent to an activating group) is 1. The third-order valence-electron chi connectivity index (χ3n) is 2.74. The first kappa shape index (κ1) is 12.5. The SMILES string of the molecule is CNC1CCN(C(=O)c2cc(Br)c(Br)s2)C1. The minimum atomic E-state index is 0.133. The van der Waals surface area contributed by atoms with Crippen LogP contribution in [0.25, 0.3) is 0 Å². The number of thiophene rings is 1. The molecule has 1 aliphatic rings. The quantitative estimate of drug-likeness (QED) is 0.871. The molecule has 1 fully saturated rings. The molecule has 2 rings (SSSR count). The molecule has 16 heavy (non-hydrogen) atoms. The van der Waals surface area contributed by atoms with Gasteiger partial charge >= 0.3 is 0 Å². The molecule has 1 saturated heterocycles. The van der Waals surface area contributed by atoms with Crippen LogP contribution in [0.1, 0.15) is 16.1 Å². The number of rotatable bonds is 2. The van der Waals surface area contributed by atoms with Crippen LogP contribution in [-0.4, -0.2) is 37.0 Å². The van der Waals surface area contributed by atoms with E-state index in [0.29, 0.717) is 6.04 Å². The van der Waals surface area contributed by atoms with Crippen molar-refractivity contribution in [1.29, 1.82) is 0 Å². The van der Waals surface area contributed by atoms with Gasteiger partial charge in [-0.25, -0.2) is 0 Å². The van der Waals surface area contributed by atoms with Crippen LogP contribution in [0.4, 0.5) is 0 Å². The number of carbonyl (C=O) groups excluding carboxylic acids is 1. The zero-order valence-corrected chi connectivity index (χ0v) is 12.8. The highest BCUT2D eigenvalue weighted by atomic mass is 79.9. The second kappa shape index (κ2) is 5.16. The van der Waals surface area contributed by atoms with E-state index in [4.69, 9.17) is 0 Å². The molecular formula is C10H12Br2N2OS. The van der Waals surface area contributed by atoms with E-state index >= 15 is 0 Å². The van der Waals surface area contributed by atoms with Gasteiger partial charge in [-0.3, -0.25) is 4.79 Å². The van der Waals surface area contributed by atoms with E-state index in [2.05, 4.69) is 37.2 Å². The first-order valence-corrected chi connectivity index (χ1v) is 7.43. The van der Waals surface area contributed by atoms with Crippen molar-refractivity contribution < 1.29 is 4.79 Å². The van der Waals surface area contributed by atoms with Gasteiger partial charge < -0.3 is 10.2 Å². The lowest BCUT2D eigenvalue weighted by molar-refractivity contribution is 0.0794. The molecular weight excluding hydrogens is 356 g/mol. The molecule has 1 aromatic heterocycles. The summed E-state index contributed by atoms with van der Waals surface area (Å²) < 4.78 is 1.92. The molecule has 1 atom stereocenters. The highest BCUT2D eigenvalue weighted by Crippen LogP contribution is 2.33. The molecule has 1 aromatic rings. The van der Waals surface area contributed by atoms with Crippen molar-refractivity contribution in [3.63, 3.8) is 0 Å². The molecule has 1 unspecified atom stereocenters. The van der Waals surface area contributed by atoms with Crippen molar-refractivity contribution in [2.45, 2.75) is 12.5 Å². The second-order valence-corrected chi connectivity index (χ2v) is 6.98. The Kier molecular flexibility index (Phi) is 4.05. The standard InChI is InChI=1S/C10H12Br2N2OS/c1-13-6-2-3-14(5-6)10(15)8-4-7(11)9(12)16-8/h4,6,13H,2-3,5H2,1H3. The predicted octanol–water partition coefficient (Wildman–Crippen LogP) is 2.71. The van der Waals surface area contributed by atoms with Crippen molar-refractivity contribution in [1.82, 2.24) is 10.2 Å². The highest BCUT2D eigenvalue weighted by molar-refractivity contribution is 9.13. The monoisotopic (exact) mass is 366 g/mol. The lowest BCUT2D eigenvalue weighted by Gasteiger charge is -2.15. The first-order valence-electron chi connectivity index (χ1n) is 5.03. The molecule has 1 amide bonds. The zero-order chi connectivity index (χ0) is 11.7. The van der Waals surface area contributed by atoms with E-state index in [9.17, 15) is 4.79 Å². The average molecular weight is 368 g/mol. The normalized spacial score (nSPS) is 20.4. The molecule has 0 aromatic carbocycles. The van der Waals surface area contributed by atoms with Crippen LogP contribution in [0.5, 0.6) is 0 Å². The minimum Gasteiger partial charge on any atom is -0.336 e. The summed E-state index contributed by atoms with van der Waals surface area (Å²) >= 11 is 8.28. The summed E-state index contributed by atoms with van der Waals surface area (Å²) in [7, 11) is 1.94. The molecule has 1 aliphatic heterocycles. The van der Waals surface area contributed by atoms with E-state index in [1.54, 1.807) is 0 Å². The maximum Gasteiger partial charge on any atom is 0.264 e. The number of amides is 1. The number of nitrogens with one attached hydrogen (secondary N) is 1. The maximum absolute atomic E-state index is 12.1. The van der Waals surface area contributed by atoms with E-state index in [1.807, 2.05) is 18.0 Å². The van der Waals surface area contributed by atoms with Crippen LogP contribution in [0.15, 0.2) is 14.3 Å². The van der Waals surface area contributed by atoms with Crippen LogP contribution >= 0.6 is 43.2 Å². The summed E-state index contributed by atoms with van der Waals surface area (Å²) in [5, 5.41) is 3.21. The number of likely N-dealkylation sites (tertiary alicyclic amines) is 1. The molecule has 0 saturated carbocycles. The van der Waals surface area contributed by atoms with Crippen LogP contribution in [0.3, 0.4) is 0 Å².